The Morgan fingerprint density at radius 2 is 1.75 bits per heavy atom. The van der Waals surface area contributed by atoms with Crippen LogP contribution in [0.5, 0.6) is 0 Å². The molecule has 0 amide bonds. The molecule has 0 aliphatic carbocycles. The first kappa shape index (κ1) is 18.9. The highest BCUT2D eigenvalue weighted by atomic mass is 32.2. The van der Waals surface area contributed by atoms with Gasteiger partial charge in [-0.2, -0.15) is 0 Å². The number of rotatable bonds is 3. The molecule has 1 aliphatic rings. The van der Waals surface area contributed by atoms with E-state index in [1.807, 2.05) is 19.1 Å². The van der Waals surface area contributed by atoms with Crippen LogP contribution in [0.4, 0.5) is 5.82 Å². The van der Waals surface area contributed by atoms with E-state index >= 15 is 0 Å². The first-order valence-corrected chi connectivity index (χ1v) is 11.5. The molecule has 1 aliphatic heterocycles. The molecule has 1 saturated heterocycles. The Labute approximate surface area is 166 Å². The predicted molar refractivity (Wildman–Crippen MR) is 113 cm³/mol. The maximum atomic E-state index is 12.3. The van der Waals surface area contributed by atoms with E-state index in [1.54, 1.807) is 18.2 Å². The number of nitrogens with zero attached hydrogens (tertiary/aromatic N) is 3. The summed E-state index contributed by atoms with van der Waals surface area (Å²) in [4.78, 5) is 12.2. The Hall–Kier alpha value is -2.47. The van der Waals surface area contributed by atoms with Crippen molar-refractivity contribution in [1.82, 2.24) is 9.97 Å². The van der Waals surface area contributed by atoms with Crippen molar-refractivity contribution in [2.75, 3.05) is 24.2 Å². The van der Waals surface area contributed by atoms with E-state index in [0.29, 0.717) is 11.4 Å². The lowest BCUT2D eigenvalue weighted by atomic mass is 9.99. The molecule has 28 heavy (non-hydrogen) atoms. The number of anilines is 1. The van der Waals surface area contributed by atoms with E-state index in [0.717, 1.165) is 54.1 Å². The third-order valence-electron chi connectivity index (χ3n) is 5.44. The van der Waals surface area contributed by atoms with Gasteiger partial charge < -0.3 is 4.90 Å². The van der Waals surface area contributed by atoms with Crippen LogP contribution in [0.25, 0.3) is 22.3 Å². The standard InChI is InChI=1S/C22H25N3O2S/c1-15-10-12-25(13-11-15)22-17-9-8-16(2)14-19(17)23-21(24-22)18-6-4-5-7-20(18)28(3,26)27/h4-9,14-15H,10-13H2,1-3H3. The van der Waals surface area contributed by atoms with Crippen molar-refractivity contribution in [3.63, 3.8) is 0 Å². The second-order valence-electron chi connectivity index (χ2n) is 7.83. The minimum Gasteiger partial charge on any atom is -0.356 e. The van der Waals surface area contributed by atoms with Crippen LogP contribution in [-0.2, 0) is 9.84 Å². The number of aromatic nitrogens is 2. The molecule has 0 saturated carbocycles. The fraction of sp³-hybridized carbons (Fsp3) is 0.364. The van der Waals surface area contributed by atoms with E-state index in [4.69, 9.17) is 9.97 Å². The van der Waals surface area contributed by atoms with Crippen LogP contribution in [0.15, 0.2) is 47.4 Å². The van der Waals surface area contributed by atoms with Crippen LogP contribution in [0.1, 0.15) is 25.3 Å². The highest BCUT2D eigenvalue weighted by Gasteiger charge is 2.22. The van der Waals surface area contributed by atoms with E-state index < -0.39 is 9.84 Å². The summed E-state index contributed by atoms with van der Waals surface area (Å²) in [6, 6.07) is 13.2. The lowest BCUT2D eigenvalue weighted by molar-refractivity contribution is 0.437. The van der Waals surface area contributed by atoms with Gasteiger partial charge in [-0.05, 0) is 55.5 Å². The highest BCUT2D eigenvalue weighted by Crippen LogP contribution is 2.32. The van der Waals surface area contributed by atoms with E-state index in [-0.39, 0.29) is 4.90 Å². The Morgan fingerprint density at radius 3 is 2.46 bits per heavy atom. The van der Waals surface area contributed by atoms with Crippen molar-refractivity contribution < 1.29 is 8.42 Å². The van der Waals surface area contributed by atoms with Crippen LogP contribution >= 0.6 is 0 Å². The van der Waals surface area contributed by atoms with Crippen LogP contribution in [0.3, 0.4) is 0 Å². The number of fused-ring (bicyclic) bond motifs is 1. The number of hydrogen-bond donors (Lipinski definition) is 0. The summed E-state index contributed by atoms with van der Waals surface area (Å²) < 4.78 is 24.6. The average molecular weight is 396 g/mol. The van der Waals surface area contributed by atoms with Gasteiger partial charge in [-0.3, -0.25) is 0 Å². The Bertz CT molecular complexity index is 1130. The van der Waals surface area contributed by atoms with Crippen molar-refractivity contribution in [1.29, 1.82) is 0 Å². The van der Waals surface area contributed by atoms with Gasteiger partial charge in [0.15, 0.2) is 15.7 Å². The molecule has 0 N–H and O–H groups in total. The number of sulfone groups is 1. The van der Waals surface area contributed by atoms with Crippen molar-refractivity contribution in [3.8, 4) is 11.4 Å². The molecule has 4 rings (SSSR count). The van der Waals surface area contributed by atoms with Gasteiger partial charge in [-0.1, -0.05) is 25.1 Å². The van der Waals surface area contributed by atoms with E-state index in [1.165, 1.54) is 6.26 Å². The molecule has 6 heteroatoms. The van der Waals surface area contributed by atoms with Gasteiger partial charge in [0.2, 0.25) is 0 Å². The average Bonchev–Trinajstić information content (AvgIpc) is 2.67. The fourth-order valence-corrected chi connectivity index (χ4v) is 4.66. The molecular formula is C22H25N3O2S. The largest absolute Gasteiger partial charge is 0.356 e. The topological polar surface area (TPSA) is 63.2 Å². The number of hydrogen-bond acceptors (Lipinski definition) is 5. The molecule has 146 valence electrons. The molecule has 0 atom stereocenters. The lowest BCUT2D eigenvalue weighted by Crippen LogP contribution is -2.33. The lowest BCUT2D eigenvalue weighted by Gasteiger charge is -2.32. The summed E-state index contributed by atoms with van der Waals surface area (Å²) in [5, 5.41) is 1.01. The Morgan fingerprint density at radius 1 is 1.04 bits per heavy atom. The molecular weight excluding hydrogens is 370 g/mol. The highest BCUT2D eigenvalue weighted by molar-refractivity contribution is 7.90. The van der Waals surface area contributed by atoms with Gasteiger partial charge >= 0.3 is 0 Å². The molecule has 2 heterocycles. The Balaban J connectivity index is 1.94. The summed E-state index contributed by atoms with van der Waals surface area (Å²) >= 11 is 0. The van der Waals surface area contributed by atoms with Crippen LogP contribution in [0, 0.1) is 12.8 Å². The SMILES string of the molecule is Cc1ccc2c(N3CCC(C)CC3)nc(-c3ccccc3S(C)(=O)=O)nc2c1. The molecule has 0 spiro atoms. The summed E-state index contributed by atoms with van der Waals surface area (Å²) in [5.41, 5.74) is 2.52. The van der Waals surface area contributed by atoms with Gasteiger partial charge in [0, 0.05) is 30.3 Å². The van der Waals surface area contributed by atoms with Gasteiger partial charge in [0.05, 0.1) is 10.4 Å². The number of aryl methyl sites for hydroxylation is 1. The van der Waals surface area contributed by atoms with Crippen LogP contribution in [0.2, 0.25) is 0 Å². The molecule has 0 radical (unpaired) electrons. The van der Waals surface area contributed by atoms with Crippen LogP contribution < -0.4 is 4.90 Å². The smallest absolute Gasteiger partial charge is 0.176 e. The molecule has 0 bridgehead atoms. The summed E-state index contributed by atoms with van der Waals surface area (Å²) in [6.07, 6.45) is 3.49. The van der Waals surface area contributed by atoms with Crippen molar-refractivity contribution in [2.24, 2.45) is 5.92 Å². The van der Waals surface area contributed by atoms with Crippen molar-refractivity contribution >= 4 is 26.6 Å². The quantitative estimate of drug-likeness (QED) is 0.664. The van der Waals surface area contributed by atoms with Gasteiger partial charge in [-0.15, -0.1) is 0 Å². The third-order valence-corrected chi connectivity index (χ3v) is 6.60. The van der Waals surface area contributed by atoms with E-state index in [9.17, 15) is 8.42 Å². The predicted octanol–water partition coefficient (Wildman–Crippen LogP) is 4.25. The third kappa shape index (κ3) is 3.61. The normalized spacial score (nSPS) is 15.9. The van der Waals surface area contributed by atoms with Gasteiger partial charge in [-0.25, -0.2) is 18.4 Å². The van der Waals surface area contributed by atoms with E-state index in [2.05, 4.69) is 24.0 Å². The fourth-order valence-electron chi connectivity index (χ4n) is 3.78. The second-order valence-corrected chi connectivity index (χ2v) is 9.81. The summed E-state index contributed by atoms with van der Waals surface area (Å²) in [5.74, 6) is 2.08. The molecule has 1 fully saturated rings. The van der Waals surface area contributed by atoms with Crippen molar-refractivity contribution in [2.45, 2.75) is 31.6 Å². The molecule has 1 aromatic heterocycles. The van der Waals surface area contributed by atoms with Gasteiger partial charge in [0.25, 0.3) is 0 Å². The number of benzene rings is 2. The maximum Gasteiger partial charge on any atom is 0.176 e. The first-order valence-electron chi connectivity index (χ1n) is 9.66. The second kappa shape index (κ2) is 7.17. The van der Waals surface area contributed by atoms with Crippen LogP contribution in [-0.4, -0.2) is 37.7 Å². The maximum absolute atomic E-state index is 12.3. The zero-order valence-corrected chi connectivity index (χ0v) is 17.3. The first-order chi connectivity index (χ1) is 13.3. The minimum atomic E-state index is -3.38. The van der Waals surface area contributed by atoms with Crippen molar-refractivity contribution in [3.05, 3.63) is 48.0 Å². The molecule has 3 aromatic rings. The molecule has 2 aromatic carbocycles. The number of piperidine rings is 1. The van der Waals surface area contributed by atoms with Gasteiger partial charge in [0.1, 0.15) is 5.82 Å². The minimum absolute atomic E-state index is 0.264. The summed E-state index contributed by atoms with van der Waals surface area (Å²) in [6.45, 7) is 6.23. The summed E-state index contributed by atoms with van der Waals surface area (Å²) in [7, 11) is -3.38. The molecule has 5 nitrogen and oxygen atoms in total. The molecule has 0 unspecified atom stereocenters. The zero-order chi connectivity index (χ0) is 19.9. The Kier molecular flexibility index (Phi) is 4.83. The zero-order valence-electron chi connectivity index (χ0n) is 16.5. The monoisotopic (exact) mass is 395 g/mol.